The van der Waals surface area contributed by atoms with Crippen molar-refractivity contribution in [2.45, 2.75) is 44.8 Å². The number of alkyl halides is 3. The number of Topliss-reactive ketones (excluding diaryl/α,β-unsaturated/α-hetero) is 1. The summed E-state index contributed by atoms with van der Waals surface area (Å²) in [4.78, 5) is 25.5. The summed E-state index contributed by atoms with van der Waals surface area (Å²) in [7, 11) is 0. The minimum atomic E-state index is -4.42. The van der Waals surface area contributed by atoms with Crippen LogP contribution >= 0.6 is 0 Å². The number of rotatable bonds is 9. The number of hydrogen-bond acceptors (Lipinski definition) is 4. The van der Waals surface area contributed by atoms with Gasteiger partial charge in [-0.25, -0.2) is 0 Å². The van der Waals surface area contributed by atoms with Gasteiger partial charge in [-0.05, 0) is 12.0 Å². The number of carbonyl (C=O) groups is 2. The van der Waals surface area contributed by atoms with Gasteiger partial charge in [0.25, 0.3) is 0 Å². The maximum absolute atomic E-state index is 13.3. The maximum Gasteiger partial charge on any atom is 0.405 e. The number of halogens is 3. The molecule has 1 aromatic rings. The Hall–Kier alpha value is -1.93. The predicted molar refractivity (Wildman–Crippen MR) is 101 cm³/mol. The second-order valence-electron chi connectivity index (χ2n) is 7.02. The van der Waals surface area contributed by atoms with Gasteiger partial charge in [-0.3, -0.25) is 14.5 Å². The van der Waals surface area contributed by atoms with Gasteiger partial charge in [-0.1, -0.05) is 37.6 Å². The lowest BCUT2D eigenvalue weighted by Crippen LogP contribution is -2.57. The van der Waals surface area contributed by atoms with Gasteiger partial charge < -0.3 is 10.6 Å². The largest absolute Gasteiger partial charge is 0.405 e. The lowest BCUT2D eigenvalue weighted by Gasteiger charge is -2.35. The van der Waals surface area contributed by atoms with Crippen LogP contribution in [0.3, 0.4) is 0 Å². The number of ketones is 1. The fraction of sp³-hybridized carbons (Fsp3) is 0.600. The Balaban J connectivity index is 1.81. The number of aryl methyl sites for hydroxylation is 1. The Morgan fingerprint density at radius 1 is 1.14 bits per heavy atom. The molecule has 156 valence electrons. The molecule has 1 heterocycles. The van der Waals surface area contributed by atoms with E-state index >= 15 is 0 Å². The van der Waals surface area contributed by atoms with Crippen LogP contribution in [0.15, 0.2) is 24.3 Å². The van der Waals surface area contributed by atoms with E-state index in [1.54, 1.807) is 12.1 Å². The molecule has 0 radical (unpaired) electrons. The predicted octanol–water partition coefficient (Wildman–Crippen LogP) is 2.55. The minimum Gasteiger partial charge on any atom is -0.354 e. The summed E-state index contributed by atoms with van der Waals surface area (Å²) in [6.07, 6.45) is -2.61. The van der Waals surface area contributed by atoms with Crippen LogP contribution in [0.1, 0.15) is 42.1 Å². The summed E-state index contributed by atoms with van der Waals surface area (Å²) < 4.78 is 39.9. The van der Waals surface area contributed by atoms with Crippen LogP contribution in [-0.2, 0) is 11.2 Å². The summed E-state index contributed by atoms with van der Waals surface area (Å²) in [5.41, 5.74) is 1.66. The first-order valence-corrected chi connectivity index (χ1v) is 9.71. The molecule has 0 aromatic heterocycles. The average molecular weight is 399 g/mol. The molecule has 1 atom stereocenters. The van der Waals surface area contributed by atoms with Crippen molar-refractivity contribution >= 4 is 11.7 Å². The van der Waals surface area contributed by atoms with E-state index in [4.69, 9.17) is 0 Å². The molecule has 28 heavy (non-hydrogen) atoms. The summed E-state index contributed by atoms with van der Waals surface area (Å²) in [6.45, 7) is 3.13. The molecule has 1 aliphatic rings. The highest BCUT2D eigenvalue weighted by Gasteiger charge is 2.43. The van der Waals surface area contributed by atoms with Gasteiger partial charge in [-0.2, -0.15) is 13.2 Å². The zero-order valence-corrected chi connectivity index (χ0v) is 16.1. The molecule has 1 fully saturated rings. The van der Waals surface area contributed by atoms with E-state index < -0.39 is 24.7 Å². The second kappa shape index (κ2) is 10.6. The fourth-order valence-electron chi connectivity index (χ4n) is 3.26. The molecule has 8 heteroatoms. The van der Waals surface area contributed by atoms with Crippen molar-refractivity contribution in [2.75, 3.05) is 32.7 Å². The number of nitrogens with zero attached hydrogens (tertiary/aromatic N) is 1. The van der Waals surface area contributed by atoms with Crippen LogP contribution in [-0.4, -0.2) is 61.5 Å². The quantitative estimate of drug-likeness (QED) is 0.627. The third kappa shape index (κ3) is 6.91. The summed E-state index contributed by atoms with van der Waals surface area (Å²) in [6, 6.07) is 5.53. The average Bonchev–Trinajstić information content (AvgIpc) is 2.67. The van der Waals surface area contributed by atoms with E-state index in [0.29, 0.717) is 18.7 Å². The van der Waals surface area contributed by atoms with Gasteiger partial charge in [0.2, 0.25) is 5.91 Å². The molecule has 0 spiro atoms. The van der Waals surface area contributed by atoms with Gasteiger partial charge >= 0.3 is 6.18 Å². The summed E-state index contributed by atoms with van der Waals surface area (Å²) in [5.74, 6) is -0.729. The lowest BCUT2D eigenvalue weighted by atomic mass is 10.0. The number of benzene rings is 1. The Morgan fingerprint density at radius 3 is 2.36 bits per heavy atom. The topological polar surface area (TPSA) is 61.4 Å². The molecular formula is C20H28F3N3O2. The standard InChI is InChI=1S/C20H28F3N3O2/c1-2-3-15-4-6-16(7-5-15)17(27)8-9-19(28)25-14-18(20(21,22)23)26-12-10-24-11-13-26/h4-7,18,24H,2-3,8-14H2,1H3,(H,25,28). The molecule has 2 rings (SSSR count). The Bertz CT molecular complexity index is 641. The zero-order chi connectivity index (χ0) is 20.6. The molecule has 0 bridgehead atoms. The zero-order valence-electron chi connectivity index (χ0n) is 16.1. The van der Waals surface area contributed by atoms with Crippen LogP contribution in [0.2, 0.25) is 0 Å². The smallest absolute Gasteiger partial charge is 0.354 e. The minimum absolute atomic E-state index is 0.0245. The third-order valence-corrected chi connectivity index (χ3v) is 4.86. The van der Waals surface area contributed by atoms with Gasteiger partial charge in [0.15, 0.2) is 5.78 Å². The van der Waals surface area contributed by atoms with Crippen LogP contribution < -0.4 is 10.6 Å². The molecular weight excluding hydrogens is 371 g/mol. The van der Waals surface area contributed by atoms with Crippen molar-refractivity contribution in [1.29, 1.82) is 0 Å². The Labute approximate surface area is 163 Å². The van der Waals surface area contributed by atoms with E-state index in [1.807, 2.05) is 12.1 Å². The van der Waals surface area contributed by atoms with Gasteiger partial charge in [0.1, 0.15) is 6.04 Å². The normalized spacial score (nSPS) is 16.6. The van der Waals surface area contributed by atoms with Crippen molar-refractivity contribution in [3.05, 3.63) is 35.4 Å². The first-order chi connectivity index (χ1) is 13.3. The summed E-state index contributed by atoms with van der Waals surface area (Å²) >= 11 is 0. The first-order valence-electron chi connectivity index (χ1n) is 9.71. The van der Waals surface area contributed by atoms with Crippen molar-refractivity contribution in [1.82, 2.24) is 15.5 Å². The molecule has 2 N–H and O–H groups in total. The molecule has 0 aliphatic carbocycles. The molecule has 0 saturated carbocycles. The van der Waals surface area contributed by atoms with Gasteiger partial charge in [0, 0.05) is 51.1 Å². The van der Waals surface area contributed by atoms with Crippen LogP contribution in [0.4, 0.5) is 13.2 Å². The summed E-state index contributed by atoms with van der Waals surface area (Å²) in [5, 5.41) is 5.36. The van der Waals surface area contributed by atoms with Crippen LogP contribution in [0, 0.1) is 0 Å². The van der Waals surface area contributed by atoms with Crippen molar-refractivity contribution < 1.29 is 22.8 Å². The fourth-order valence-corrected chi connectivity index (χ4v) is 3.26. The Morgan fingerprint density at radius 2 is 1.79 bits per heavy atom. The van der Waals surface area contributed by atoms with Crippen LogP contribution in [0.5, 0.6) is 0 Å². The van der Waals surface area contributed by atoms with Crippen LogP contribution in [0.25, 0.3) is 0 Å². The SMILES string of the molecule is CCCc1ccc(C(=O)CCC(=O)NCC(N2CCNCC2)C(F)(F)F)cc1. The highest BCUT2D eigenvalue weighted by atomic mass is 19.4. The van der Waals surface area contributed by atoms with Crippen molar-refractivity contribution in [3.8, 4) is 0 Å². The van der Waals surface area contributed by atoms with Crippen molar-refractivity contribution in [3.63, 3.8) is 0 Å². The number of piperazine rings is 1. The highest BCUT2D eigenvalue weighted by molar-refractivity contribution is 5.97. The number of hydrogen-bond donors (Lipinski definition) is 2. The van der Waals surface area contributed by atoms with E-state index in [9.17, 15) is 22.8 Å². The van der Waals surface area contributed by atoms with Crippen molar-refractivity contribution in [2.24, 2.45) is 0 Å². The monoisotopic (exact) mass is 399 g/mol. The van der Waals surface area contributed by atoms with Gasteiger partial charge in [-0.15, -0.1) is 0 Å². The van der Waals surface area contributed by atoms with Gasteiger partial charge in [0.05, 0.1) is 0 Å². The molecule has 5 nitrogen and oxygen atoms in total. The molecule has 1 saturated heterocycles. The van der Waals surface area contributed by atoms with E-state index in [0.717, 1.165) is 18.4 Å². The van der Waals surface area contributed by atoms with E-state index in [-0.39, 0.29) is 31.7 Å². The first kappa shape index (κ1) is 22.4. The highest BCUT2D eigenvalue weighted by Crippen LogP contribution is 2.24. The molecule has 1 amide bonds. The van der Waals surface area contributed by atoms with E-state index in [1.165, 1.54) is 4.90 Å². The Kier molecular flexibility index (Phi) is 8.44. The molecule has 1 aliphatic heterocycles. The second-order valence-corrected chi connectivity index (χ2v) is 7.02. The molecule has 1 unspecified atom stereocenters. The van der Waals surface area contributed by atoms with E-state index in [2.05, 4.69) is 17.6 Å². The molecule has 1 aromatic carbocycles. The number of nitrogens with one attached hydrogen (secondary N) is 2. The lowest BCUT2D eigenvalue weighted by molar-refractivity contribution is -0.184. The number of amides is 1. The third-order valence-electron chi connectivity index (χ3n) is 4.86. The number of carbonyl (C=O) groups excluding carboxylic acids is 2. The maximum atomic E-state index is 13.3.